The molecule has 19 heavy (non-hydrogen) atoms. The Morgan fingerprint density at radius 2 is 1.68 bits per heavy atom. The van der Waals surface area contributed by atoms with Crippen molar-refractivity contribution in [2.75, 3.05) is 0 Å². The second kappa shape index (κ2) is 6.53. The zero-order valence-electron chi connectivity index (χ0n) is 13.0. The molecule has 0 bridgehead atoms. The number of hydrogen-bond donors (Lipinski definition) is 0. The molecule has 0 radical (unpaired) electrons. The maximum Gasteiger partial charge on any atom is 0.310 e. The highest BCUT2D eigenvalue weighted by molar-refractivity contribution is 5.82. The summed E-state index contributed by atoms with van der Waals surface area (Å²) in [6.07, 6.45) is 4.16. The van der Waals surface area contributed by atoms with Gasteiger partial charge < -0.3 is 4.74 Å². The molecule has 1 rings (SSSR count). The van der Waals surface area contributed by atoms with Crippen molar-refractivity contribution in [3.8, 4) is 0 Å². The standard InChI is InChI=1S/C16H28O3/c1-6-8-11(17)10-13-12(9-7-2)14(13)15(18)19-16(3,4)5/h12-14H,6-10H2,1-5H3/t12-,13-,14+/m0/s1. The maximum atomic E-state index is 12.1. The fraction of sp³-hybridized carbons (Fsp3) is 0.875. The number of hydrogen-bond acceptors (Lipinski definition) is 3. The first-order chi connectivity index (χ1) is 8.80. The molecule has 3 atom stereocenters. The maximum absolute atomic E-state index is 12.1. The molecule has 0 aromatic heterocycles. The molecule has 0 spiro atoms. The van der Waals surface area contributed by atoms with E-state index in [0.717, 1.165) is 19.3 Å². The van der Waals surface area contributed by atoms with Crippen molar-refractivity contribution in [3.63, 3.8) is 0 Å². The van der Waals surface area contributed by atoms with Gasteiger partial charge in [-0.15, -0.1) is 0 Å². The Balaban J connectivity index is 2.56. The van der Waals surface area contributed by atoms with E-state index in [-0.39, 0.29) is 17.8 Å². The molecule has 0 aromatic carbocycles. The van der Waals surface area contributed by atoms with Gasteiger partial charge in [0, 0.05) is 12.8 Å². The van der Waals surface area contributed by atoms with Crippen molar-refractivity contribution in [1.29, 1.82) is 0 Å². The third kappa shape index (κ3) is 4.96. The zero-order valence-corrected chi connectivity index (χ0v) is 13.0. The van der Waals surface area contributed by atoms with Crippen LogP contribution in [0.1, 0.15) is 66.7 Å². The van der Waals surface area contributed by atoms with Crippen LogP contribution in [0.3, 0.4) is 0 Å². The van der Waals surface area contributed by atoms with Gasteiger partial charge in [0.25, 0.3) is 0 Å². The van der Waals surface area contributed by atoms with Crippen LogP contribution in [0, 0.1) is 17.8 Å². The summed E-state index contributed by atoms with van der Waals surface area (Å²) in [5, 5.41) is 0. The summed E-state index contributed by atoms with van der Waals surface area (Å²) in [7, 11) is 0. The van der Waals surface area contributed by atoms with Crippen LogP contribution in [0.4, 0.5) is 0 Å². The van der Waals surface area contributed by atoms with Gasteiger partial charge in [-0.1, -0.05) is 20.3 Å². The number of esters is 1. The van der Waals surface area contributed by atoms with Crippen molar-refractivity contribution >= 4 is 11.8 Å². The van der Waals surface area contributed by atoms with Crippen LogP contribution in [0.15, 0.2) is 0 Å². The predicted molar refractivity (Wildman–Crippen MR) is 75.8 cm³/mol. The Morgan fingerprint density at radius 3 is 2.16 bits per heavy atom. The quantitative estimate of drug-likeness (QED) is 0.660. The van der Waals surface area contributed by atoms with E-state index in [4.69, 9.17) is 4.74 Å². The summed E-state index contributed by atoms with van der Waals surface area (Å²) in [6, 6.07) is 0. The highest BCUT2D eigenvalue weighted by Gasteiger charge is 2.55. The molecule has 0 unspecified atom stereocenters. The lowest BCUT2D eigenvalue weighted by molar-refractivity contribution is -0.157. The largest absolute Gasteiger partial charge is 0.460 e. The number of rotatable bonds is 7. The first-order valence-corrected chi connectivity index (χ1v) is 7.54. The summed E-state index contributed by atoms with van der Waals surface area (Å²) in [6.45, 7) is 9.80. The second-order valence-corrected chi connectivity index (χ2v) is 6.67. The molecule has 0 aliphatic heterocycles. The molecular formula is C16H28O3. The number of carbonyl (C=O) groups is 2. The lowest BCUT2D eigenvalue weighted by Crippen LogP contribution is -2.25. The van der Waals surface area contributed by atoms with Crippen LogP contribution >= 0.6 is 0 Å². The van der Waals surface area contributed by atoms with Gasteiger partial charge in [0.1, 0.15) is 11.4 Å². The number of carbonyl (C=O) groups excluding carboxylic acids is 2. The smallest absolute Gasteiger partial charge is 0.310 e. The van der Waals surface area contributed by atoms with E-state index < -0.39 is 5.60 Å². The summed E-state index contributed by atoms with van der Waals surface area (Å²) < 4.78 is 5.46. The van der Waals surface area contributed by atoms with E-state index in [1.165, 1.54) is 0 Å². The number of Topliss-reactive ketones (excluding diaryl/α,β-unsaturated/α-hetero) is 1. The number of ether oxygens (including phenoxy) is 1. The number of ketones is 1. The van der Waals surface area contributed by atoms with Gasteiger partial charge in [0.15, 0.2) is 0 Å². The van der Waals surface area contributed by atoms with E-state index in [1.807, 2.05) is 27.7 Å². The van der Waals surface area contributed by atoms with Crippen molar-refractivity contribution in [1.82, 2.24) is 0 Å². The van der Waals surface area contributed by atoms with Gasteiger partial charge in [-0.2, -0.15) is 0 Å². The molecule has 0 amide bonds. The monoisotopic (exact) mass is 268 g/mol. The van der Waals surface area contributed by atoms with Crippen molar-refractivity contribution in [3.05, 3.63) is 0 Å². The van der Waals surface area contributed by atoms with Crippen LogP contribution in [-0.4, -0.2) is 17.4 Å². The Bertz CT molecular complexity index is 327. The van der Waals surface area contributed by atoms with Crippen molar-refractivity contribution in [2.45, 2.75) is 72.3 Å². The normalized spacial score (nSPS) is 26.1. The molecule has 110 valence electrons. The molecular weight excluding hydrogens is 240 g/mol. The highest BCUT2D eigenvalue weighted by Crippen LogP contribution is 2.52. The average Bonchev–Trinajstić information content (AvgIpc) is 2.89. The molecule has 1 aliphatic rings. The highest BCUT2D eigenvalue weighted by atomic mass is 16.6. The molecule has 0 saturated heterocycles. The van der Waals surface area contributed by atoms with Gasteiger partial charge in [0.05, 0.1) is 5.92 Å². The van der Waals surface area contributed by atoms with Crippen LogP contribution < -0.4 is 0 Å². The third-order valence-corrected chi connectivity index (χ3v) is 3.62. The fourth-order valence-electron chi connectivity index (χ4n) is 2.81. The second-order valence-electron chi connectivity index (χ2n) is 6.67. The van der Waals surface area contributed by atoms with E-state index in [9.17, 15) is 9.59 Å². The summed E-state index contributed by atoms with van der Waals surface area (Å²) in [5.74, 6) is 0.731. The summed E-state index contributed by atoms with van der Waals surface area (Å²) in [5.41, 5.74) is -0.436. The van der Waals surface area contributed by atoms with E-state index in [1.54, 1.807) is 0 Å². The topological polar surface area (TPSA) is 43.4 Å². The fourth-order valence-corrected chi connectivity index (χ4v) is 2.81. The summed E-state index contributed by atoms with van der Waals surface area (Å²) >= 11 is 0. The molecule has 3 nitrogen and oxygen atoms in total. The van der Waals surface area contributed by atoms with Gasteiger partial charge in [0.2, 0.25) is 0 Å². The van der Waals surface area contributed by atoms with Crippen molar-refractivity contribution < 1.29 is 14.3 Å². The molecule has 1 fully saturated rings. The Labute approximate surface area is 117 Å². The van der Waals surface area contributed by atoms with Gasteiger partial charge in [-0.25, -0.2) is 0 Å². The van der Waals surface area contributed by atoms with Crippen LogP contribution in [0.5, 0.6) is 0 Å². The van der Waals surface area contributed by atoms with E-state index in [0.29, 0.717) is 24.5 Å². The Hall–Kier alpha value is -0.860. The first kappa shape index (κ1) is 16.2. The van der Waals surface area contributed by atoms with Crippen LogP contribution in [0.2, 0.25) is 0 Å². The SMILES string of the molecule is CCCC(=O)C[C@H]1[C@H](CCC)[C@H]1C(=O)OC(C)(C)C. The van der Waals surface area contributed by atoms with E-state index >= 15 is 0 Å². The van der Waals surface area contributed by atoms with Crippen LogP contribution in [0.25, 0.3) is 0 Å². The minimum absolute atomic E-state index is 0.0417. The molecule has 1 aliphatic carbocycles. The van der Waals surface area contributed by atoms with E-state index in [2.05, 4.69) is 6.92 Å². The molecule has 0 N–H and O–H groups in total. The Morgan fingerprint density at radius 1 is 1.05 bits per heavy atom. The van der Waals surface area contributed by atoms with Gasteiger partial charge >= 0.3 is 5.97 Å². The van der Waals surface area contributed by atoms with Crippen LogP contribution in [-0.2, 0) is 14.3 Å². The average molecular weight is 268 g/mol. The Kier molecular flexibility index (Phi) is 5.57. The van der Waals surface area contributed by atoms with Gasteiger partial charge in [-0.3, -0.25) is 9.59 Å². The minimum Gasteiger partial charge on any atom is -0.460 e. The lowest BCUT2D eigenvalue weighted by Gasteiger charge is -2.19. The summed E-state index contributed by atoms with van der Waals surface area (Å²) in [4.78, 5) is 23.9. The van der Waals surface area contributed by atoms with Crippen molar-refractivity contribution in [2.24, 2.45) is 17.8 Å². The molecule has 3 heteroatoms. The molecule has 0 heterocycles. The lowest BCUT2D eigenvalue weighted by atomic mass is 10.1. The third-order valence-electron chi connectivity index (χ3n) is 3.62. The first-order valence-electron chi connectivity index (χ1n) is 7.54. The van der Waals surface area contributed by atoms with Gasteiger partial charge in [-0.05, 0) is 45.4 Å². The molecule has 1 saturated carbocycles. The predicted octanol–water partition coefficient (Wildman–Crippen LogP) is 3.75. The molecule has 0 aromatic rings. The minimum atomic E-state index is -0.436. The zero-order chi connectivity index (χ0) is 14.6.